The largest absolute Gasteiger partial charge is 0.353 e. The molecule has 3 aromatic rings. The molecular weight excluding hydrogens is 428 g/mol. The lowest BCUT2D eigenvalue weighted by Crippen LogP contribution is -2.36. The summed E-state index contributed by atoms with van der Waals surface area (Å²) in [7, 11) is 2.05. The maximum absolute atomic E-state index is 13.1. The van der Waals surface area contributed by atoms with Crippen molar-refractivity contribution in [1.29, 1.82) is 0 Å². The van der Waals surface area contributed by atoms with E-state index in [0.29, 0.717) is 17.3 Å². The molecule has 2 aliphatic rings. The average molecular weight is 457 g/mol. The van der Waals surface area contributed by atoms with Crippen molar-refractivity contribution < 1.29 is 4.79 Å². The summed E-state index contributed by atoms with van der Waals surface area (Å²) in [6.07, 6.45) is 9.64. The van der Waals surface area contributed by atoms with E-state index in [2.05, 4.69) is 39.8 Å². The van der Waals surface area contributed by atoms with Crippen LogP contribution in [0, 0.1) is 0 Å². The summed E-state index contributed by atoms with van der Waals surface area (Å²) < 4.78 is 2.13. The van der Waals surface area contributed by atoms with Gasteiger partial charge in [-0.05, 0) is 49.8 Å². The van der Waals surface area contributed by atoms with Gasteiger partial charge >= 0.3 is 0 Å². The SMILES string of the molecule is Cn1cccc1C1CCCCCN1C(=O)CSCc1nc2sc3c(c2c(=O)[nH]1)CCC3. The summed E-state index contributed by atoms with van der Waals surface area (Å²) in [5, 5.41) is 0.789. The number of thiophene rings is 1. The molecule has 1 N–H and O–H groups in total. The third kappa shape index (κ3) is 4.07. The fourth-order valence-corrected chi connectivity index (χ4v) is 7.02. The molecule has 1 fully saturated rings. The van der Waals surface area contributed by atoms with Crippen LogP contribution in [0.25, 0.3) is 10.2 Å². The molecule has 0 saturated carbocycles. The Morgan fingerprint density at radius 2 is 2.19 bits per heavy atom. The highest BCUT2D eigenvalue weighted by molar-refractivity contribution is 7.99. The van der Waals surface area contributed by atoms with Gasteiger partial charge in [-0.1, -0.05) is 12.8 Å². The van der Waals surface area contributed by atoms with Gasteiger partial charge < -0.3 is 14.5 Å². The Balaban J connectivity index is 1.27. The number of amides is 1. The Labute approximate surface area is 190 Å². The lowest BCUT2D eigenvalue weighted by atomic mass is 10.1. The zero-order valence-electron chi connectivity index (χ0n) is 17.9. The van der Waals surface area contributed by atoms with E-state index in [9.17, 15) is 9.59 Å². The van der Waals surface area contributed by atoms with Crippen LogP contribution in [0.4, 0.5) is 0 Å². The van der Waals surface area contributed by atoms with Crippen molar-refractivity contribution in [2.75, 3.05) is 12.3 Å². The number of likely N-dealkylation sites (tertiary alicyclic amines) is 1. The molecule has 1 aliphatic heterocycles. The van der Waals surface area contributed by atoms with Gasteiger partial charge in [0.1, 0.15) is 10.7 Å². The van der Waals surface area contributed by atoms with Gasteiger partial charge in [-0.2, -0.15) is 0 Å². The molecule has 8 heteroatoms. The maximum atomic E-state index is 13.1. The van der Waals surface area contributed by atoms with Gasteiger partial charge in [0.2, 0.25) is 5.91 Å². The molecule has 0 spiro atoms. The molecule has 3 aromatic heterocycles. The van der Waals surface area contributed by atoms with E-state index in [1.165, 1.54) is 22.6 Å². The van der Waals surface area contributed by atoms with Gasteiger partial charge in [0.25, 0.3) is 5.56 Å². The number of rotatable bonds is 5. The number of nitrogens with one attached hydrogen (secondary N) is 1. The second kappa shape index (κ2) is 8.82. The van der Waals surface area contributed by atoms with Gasteiger partial charge in [0.15, 0.2) is 0 Å². The van der Waals surface area contributed by atoms with Crippen molar-refractivity contribution in [3.8, 4) is 0 Å². The van der Waals surface area contributed by atoms with E-state index < -0.39 is 0 Å². The number of aryl methyl sites for hydroxylation is 3. The zero-order chi connectivity index (χ0) is 21.4. The topological polar surface area (TPSA) is 71.0 Å². The number of carbonyl (C=O) groups is 1. The maximum Gasteiger partial charge on any atom is 0.259 e. The number of hydrogen-bond donors (Lipinski definition) is 1. The van der Waals surface area contributed by atoms with Crippen LogP contribution in [0.5, 0.6) is 0 Å². The Kier molecular flexibility index (Phi) is 5.93. The number of hydrogen-bond acceptors (Lipinski definition) is 5. The van der Waals surface area contributed by atoms with Gasteiger partial charge in [-0.15, -0.1) is 23.1 Å². The first-order valence-corrected chi connectivity index (χ1v) is 13.1. The lowest BCUT2D eigenvalue weighted by Gasteiger charge is -2.30. The first kappa shape index (κ1) is 20.8. The molecule has 164 valence electrons. The highest BCUT2D eigenvalue weighted by Crippen LogP contribution is 2.35. The molecule has 6 nitrogen and oxygen atoms in total. The summed E-state index contributed by atoms with van der Waals surface area (Å²) in [5.74, 6) is 1.80. The monoisotopic (exact) mass is 456 g/mol. The normalized spacial score (nSPS) is 19.0. The predicted octanol–water partition coefficient (Wildman–Crippen LogP) is 4.19. The molecule has 31 heavy (non-hydrogen) atoms. The number of thioether (sulfide) groups is 1. The number of fused-ring (bicyclic) bond motifs is 3. The second-order valence-electron chi connectivity index (χ2n) is 8.54. The van der Waals surface area contributed by atoms with Crippen LogP contribution < -0.4 is 5.56 Å². The molecule has 0 bridgehead atoms. The molecule has 1 atom stereocenters. The van der Waals surface area contributed by atoms with Crippen molar-refractivity contribution in [3.05, 3.63) is 50.6 Å². The standard InChI is InChI=1S/C23H28N4O2S2/c1-26-11-6-9-16(26)17-8-3-2-4-12-27(17)20(28)14-30-13-19-24-22(29)21-15-7-5-10-18(15)31-23(21)25-19/h6,9,11,17H,2-5,7-8,10,12-14H2,1H3,(H,24,25,29). The highest BCUT2D eigenvalue weighted by atomic mass is 32.2. The quantitative estimate of drug-likeness (QED) is 0.625. The van der Waals surface area contributed by atoms with Crippen LogP contribution in [-0.4, -0.2) is 37.6 Å². The van der Waals surface area contributed by atoms with Crippen LogP contribution in [-0.2, 0) is 30.4 Å². The van der Waals surface area contributed by atoms with Crippen molar-refractivity contribution in [1.82, 2.24) is 19.4 Å². The predicted molar refractivity (Wildman–Crippen MR) is 127 cm³/mol. The van der Waals surface area contributed by atoms with E-state index in [-0.39, 0.29) is 17.5 Å². The lowest BCUT2D eigenvalue weighted by molar-refractivity contribution is -0.130. The number of carbonyl (C=O) groups excluding carboxylic acids is 1. The first-order valence-electron chi connectivity index (χ1n) is 11.1. The molecule has 0 aromatic carbocycles. The average Bonchev–Trinajstić information content (AvgIpc) is 3.39. The van der Waals surface area contributed by atoms with E-state index in [1.807, 2.05) is 0 Å². The van der Waals surface area contributed by atoms with Gasteiger partial charge in [0.05, 0.1) is 22.9 Å². The van der Waals surface area contributed by atoms with Crippen LogP contribution >= 0.6 is 23.1 Å². The van der Waals surface area contributed by atoms with Crippen molar-refractivity contribution in [2.24, 2.45) is 7.05 Å². The summed E-state index contributed by atoms with van der Waals surface area (Å²) in [5.41, 5.74) is 2.39. The van der Waals surface area contributed by atoms with Gasteiger partial charge in [-0.3, -0.25) is 9.59 Å². The molecule has 0 radical (unpaired) electrons. The number of aromatic nitrogens is 3. The van der Waals surface area contributed by atoms with Crippen LogP contribution in [0.15, 0.2) is 23.1 Å². The summed E-state index contributed by atoms with van der Waals surface area (Å²) in [4.78, 5) is 37.7. The third-order valence-electron chi connectivity index (χ3n) is 6.49. The molecule has 5 rings (SSSR count). The van der Waals surface area contributed by atoms with Crippen LogP contribution in [0.2, 0.25) is 0 Å². The van der Waals surface area contributed by atoms with Gasteiger partial charge in [-0.25, -0.2) is 4.98 Å². The fraction of sp³-hybridized carbons (Fsp3) is 0.522. The van der Waals surface area contributed by atoms with E-state index in [0.717, 1.165) is 55.3 Å². The molecule has 1 aliphatic carbocycles. The smallest absolute Gasteiger partial charge is 0.259 e. The number of nitrogens with zero attached hydrogens (tertiary/aromatic N) is 3. The van der Waals surface area contributed by atoms with E-state index in [4.69, 9.17) is 4.98 Å². The number of aromatic amines is 1. The third-order valence-corrected chi connectivity index (χ3v) is 8.60. The molecule has 4 heterocycles. The molecule has 1 unspecified atom stereocenters. The first-order chi connectivity index (χ1) is 15.1. The van der Waals surface area contributed by atoms with Crippen molar-refractivity contribution in [2.45, 2.75) is 56.7 Å². The van der Waals surface area contributed by atoms with Gasteiger partial charge in [0, 0.05) is 30.4 Å². The minimum absolute atomic E-state index is 0.0254. The molecular formula is C23H28N4O2S2. The Bertz CT molecular complexity index is 1160. The highest BCUT2D eigenvalue weighted by Gasteiger charge is 2.28. The van der Waals surface area contributed by atoms with Crippen LogP contribution in [0.1, 0.15) is 60.1 Å². The summed E-state index contributed by atoms with van der Waals surface area (Å²) in [6, 6.07) is 4.33. The summed E-state index contributed by atoms with van der Waals surface area (Å²) in [6.45, 7) is 0.816. The Morgan fingerprint density at radius 1 is 1.29 bits per heavy atom. The van der Waals surface area contributed by atoms with E-state index >= 15 is 0 Å². The molecule has 1 saturated heterocycles. The molecule has 1 amide bonds. The zero-order valence-corrected chi connectivity index (χ0v) is 19.5. The van der Waals surface area contributed by atoms with E-state index in [1.54, 1.807) is 23.1 Å². The van der Waals surface area contributed by atoms with Crippen LogP contribution in [0.3, 0.4) is 0 Å². The minimum Gasteiger partial charge on any atom is -0.353 e. The fourth-order valence-electron chi connectivity index (χ4n) is 4.97. The minimum atomic E-state index is -0.0254. The Hall–Kier alpha value is -2.06. The van der Waals surface area contributed by atoms with Crippen molar-refractivity contribution in [3.63, 3.8) is 0 Å². The summed E-state index contributed by atoms with van der Waals surface area (Å²) >= 11 is 3.20. The van der Waals surface area contributed by atoms with Crippen molar-refractivity contribution >= 4 is 39.2 Å². The Morgan fingerprint density at radius 3 is 3.03 bits per heavy atom. The second-order valence-corrected chi connectivity index (χ2v) is 10.6. The number of H-pyrrole nitrogens is 1.